The number of ketones is 1. The number of aliphatic imine (C=N–C) groups is 1. The lowest BCUT2D eigenvalue weighted by atomic mass is 9.88. The van der Waals surface area contributed by atoms with E-state index in [0.29, 0.717) is 28.2 Å². The van der Waals surface area contributed by atoms with E-state index < -0.39 is 11.7 Å². The fourth-order valence-corrected chi connectivity index (χ4v) is 4.59. The summed E-state index contributed by atoms with van der Waals surface area (Å²) in [6.07, 6.45) is 5.09. The number of benzene rings is 2. The molecule has 0 saturated heterocycles. The van der Waals surface area contributed by atoms with Gasteiger partial charge < -0.3 is 0 Å². The first-order chi connectivity index (χ1) is 17.9. The maximum absolute atomic E-state index is 13.0. The molecule has 1 fully saturated rings. The number of carbonyl (C=O) groups excluding carboxylic acids is 1. The molecule has 0 amide bonds. The van der Waals surface area contributed by atoms with Gasteiger partial charge in [-0.15, -0.1) is 0 Å². The van der Waals surface area contributed by atoms with Gasteiger partial charge in [0.2, 0.25) is 0 Å². The van der Waals surface area contributed by atoms with Gasteiger partial charge in [-0.25, -0.2) is 0 Å². The van der Waals surface area contributed by atoms with E-state index in [4.69, 9.17) is 0 Å². The monoisotopic (exact) mass is 595 g/mol. The van der Waals surface area contributed by atoms with E-state index in [0.717, 1.165) is 49.8 Å². The van der Waals surface area contributed by atoms with E-state index in [1.807, 2.05) is 32.0 Å². The van der Waals surface area contributed by atoms with Gasteiger partial charge in [0.25, 0.3) is 0 Å². The fraction of sp³-hybridized carbons (Fsp3) is 0.562. The highest BCUT2D eigenvalue weighted by molar-refractivity contribution is 9.10. The number of carbonyl (C=O) groups is 1. The van der Waals surface area contributed by atoms with E-state index in [-0.39, 0.29) is 5.69 Å². The van der Waals surface area contributed by atoms with Crippen molar-refractivity contribution in [1.82, 2.24) is 0 Å². The molecule has 3 rings (SSSR count). The van der Waals surface area contributed by atoms with Crippen LogP contribution in [0.3, 0.4) is 0 Å². The zero-order valence-corrected chi connectivity index (χ0v) is 25.5. The third-order valence-electron chi connectivity index (χ3n) is 6.59. The number of unbranched alkanes of at least 4 members (excludes halogenated alkanes) is 1. The van der Waals surface area contributed by atoms with Crippen LogP contribution >= 0.6 is 15.9 Å². The summed E-state index contributed by atoms with van der Waals surface area (Å²) in [5.41, 5.74) is 1.87. The highest BCUT2D eigenvalue weighted by Gasteiger charge is 2.34. The van der Waals surface area contributed by atoms with E-state index in [2.05, 4.69) is 46.9 Å². The smallest absolute Gasteiger partial charge is 0.300 e. The van der Waals surface area contributed by atoms with Crippen molar-refractivity contribution in [2.75, 3.05) is 0 Å². The average molecular weight is 597 g/mol. The van der Waals surface area contributed by atoms with Crippen molar-refractivity contribution >= 4 is 33.1 Å². The van der Waals surface area contributed by atoms with Crippen molar-refractivity contribution in [3.05, 3.63) is 63.6 Å². The number of alkyl halides is 3. The van der Waals surface area contributed by atoms with Gasteiger partial charge in [0, 0.05) is 23.0 Å². The molecule has 6 heteroatoms. The van der Waals surface area contributed by atoms with Crippen LogP contribution in [0.4, 0.5) is 18.9 Å². The van der Waals surface area contributed by atoms with Gasteiger partial charge in [-0.1, -0.05) is 99.6 Å². The van der Waals surface area contributed by atoms with Crippen LogP contribution < -0.4 is 0 Å². The van der Waals surface area contributed by atoms with Crippen LogP contribution in [-0.4, -0.2) is 11.5 Å². The van der Waals surface area contributed by atoms with Crippen LogP contribution in [0.1, 0.15) is 115 Å². The van der Waals surface area contributed by atoms with Gasteiger partial charge in [-0.2, -0.15) is 13.2 Å². The summed E-state index contributed by atoms with van der Waals surface area (Å²) < 4.78 is 39.5. The molecule has 1 atom stereocenters. The summed E-state index contributed by atoms with van der Waals surface area (Å²) in [6.45, 7) is 11.9. The van der Waals surface area contributed by atoms with E-state index in [1.165, 1.54) is 24.8 Å². The van der Waals surface area contributed by atoms with Crippen molar-refractivity contribution in [3.63, 3.8) is 0 Å². The van der Waals surface area contributed by atoms with Crippen molar-refractivity contribution in [2.45, 2.75) is 111 Å². The van der Waals surface area contributed by atoms with Gasteiger partial charge in [0.05, 0.1) is 11.3 Å². The summed E-state index contributed by atoms with van der Waals surface area (Å²) in [6, 6.07) is 13.0. The largest absolute Gasteiger partial charge is 0.418 e. The summed E-state index contributed by atoms with van der Waals surface area (Å²) in [4.78, 5) is 15.6. The number of rotatable bonds is 9. The van der Waals surface area contributed by atoms with Crippen molar-refractivity contribution in [1.29, 1.82) is 0 Å². The van der Waals surface area contributed by atoms with Crippen molar-refractivity contribution < 1.29 is 18.0 Å². The molecule has 2 nitrogen and oxygen atoms in total. The molecule has 0 aliphatic heterocycles. The molecule has 0 bridgehead atoms. The van der Waals surface area contributed by atoms with Gasteiger partial charge in [-0.3, -0.25) is 9.79 Å². The SMILES string of the molecule is CC1CCC1.CCCC(=O)CC(C)c1ccccc1.CCCCC(C)=Nc1c(C)cc(Br)cc1C(F)(F)F. The van der Waals surface area contributed by atoms with Crippen molar-refractivity contribution in [2.24, 2.45) is 10.9 Å². The number of halogens is 4. The molecule has 38 heavy (non-hydrogen) atoms. The lowest BCUT2D eigenvalue weighted by molar-refractivity contribution is -0.137. The first-order valence-electron chi connectivity index (χ1n) is 13.9. The van der Waals surface area contributed by atoms with Gasteiger partial charge in [0.1, 0.15) is 5.78 Å². The van der Waals surface area contributed by atoms with Crippen LogP contribution in [-0.2, 0) is 11.0 Å². The van der Waals surface area contributed by atoms with E-state index in [9.17, 15) is 18.0 Å². The molecule has 1 saturated carbocycles. The zero-order valence-electron chi connectivity index (χ0n) is 23.9. The number of aryl methyl sites for hydroxylation is 1. The molecular weight excluding hydrogens is 551 g/mol. The number of Topliss-reactive ketones (excluding diaryl/α,β-unsaturated/α-hetero) is 1. The molecule has 0 heterocycles. The lowest BCUT2D eigenvalue weighted by Gasteiger charge is -2.18. The van der Waals surface area contributed by atoms with Crippen LogP contribution in [0.25, 0.3) is 0 Å². The maximum Gasteiger partial charge on any atom is 0.418 e. The third kappa shape index (κ3) is 13.2. The standard InChI is InChI=1S/C14H17BrF3N.C13H18O.C5H10/c1-4-5-6-10(3)19-13-9(2)7-11(15)8-12(13)14(16,17)18;1-3-7-13(14)10-11(2)12-8-5-4-6-9-12;1-5-3-2-4-5/h7-8H,4-6H2,1-3H3;4-6,8-9,11H,3,7,10H2,1-2H3;5H,2-4H2,1H3. The van der Waals surface area contributed by atoms with Crippen LogP contribution in [0, 0.1) is 12.8 Å². The molecule has 1 unspecified atom stereocenters. The fourth-order valence-electron chi connectivity index (χ4n) is 4.01. The Balaban J connectivity index is 0.000000330. The highest BCUT2D eigenvalue weighted by Crippen LogP contribution is 2.40. The Morgan fingerprint density at radius 1 is 1.08 bits per heavy atom. The minimum absolute atomic E-state index is 0.0318. The van der Waals surface area contributed by atoms with Crippen LogP contribution in [0.5, 0.6) is 0 Å². The molecule has 1 aliphatic carbocycles. The van der Waals surface area contributed by atoms with Crippen LogP contribution in [0.2, 0.25) is 0 Å². The second-order valence-corrected chi connectivity index (χ2v) is 11.3. The molecule has 1 aliphatic rings. The predicted octanol–water partition coefficient (Wildman–Crippen LogP) is 11.4. The minimum atomic E-state index is -4.39. The molecule has 0 spiro atoms. The zero-order chi connectivity index (χ0) is 28.7. The topological polar surface area (TPSA) is 29.4 Å². The van der Waals surface area contributed by atoms with Crippen LogP contribution in [0.15, 0.2) is 51.9 Å². The minimum Gasteiger partial charge on any atom is -0.300 e. The molecule has 0 N–H and O–H groups in total. The lowest BCUT2D eigenvalue weighted by Crippen LogP contribution is -2.07. The Morgan fingerprint density at radius 3 is 2.16 bits per heavy atom. The molecule has 2 aromatic carbocycles. The summed E-state index contributed by atoms with van der Waals surface area (Å²) in [5.74, 6) is 1.80. The Kier molecular flexibility index (Phi) is 15.8. The Bertz CT molecular complexity index is 998. The normalized spacial score (nSPS) is 14.4. The molecule has 0 aromatic heterocycles. The first kappa shape index (κ1) is 34.1. The van der Waals surface area contributed by atoms with E-state index in [1.54, 1.807) is 19.9 Å². The number of hydrogen-bond acceptors (Lipinski definition) is 2. The summed E-state index contributed by atoms with van der Waals surface area (Å²) in [7, 11) is 0. The van der Waals surface area contributed by atoms with Crippen molar-refractivity contribution in [3.8, 4) is 0 Å². The number of nitrogens with zero attached hydrogens (tertiary/aromatic N) is 1. The van der Waals surface area contributed by atoms with E-state index >= 15 is 0 Å². The first-order valence-corrected chi connectivity index (χ1v) is 14.7. The molecular formula is C32H45BrF3NO. The average Bonchev–Trinajstić information content (AvgIpc) is 2.83. The second-order valence-electron chi connectivity index (χ2n) is 10.4. The quantitative estimate of drug-likeness (QED) is 0.265. The maximum atomic E-state index is 13.0. The summed E-state index contributed by atoms with van der Waals surface area (Å²) >= 11 is 3.10. The van der Waals surface area contributed by atoms with Gasteiger partial charge in [0.15, 0.2) is 0 Å². The molecule has 212 valence electrons. The highest BCUT2D eigenvalue weighted by atomic mass is 79.9. The molecule has 0 radical (unpaired) electrons. The Labute approximate surface area is 236 Å². The van der Waals surface area contributed by atoms with Gasteiger partial charge in [-0.05, 0) is 68.2 Å². The second kappa shape index (κ2) is 17.6. The predicted molar refractivity (Wildman–Crippen MR) is 159 cm³/mol. The Morgan fingerprint density at radius 2 is 1.68 bits per heavy atom. The summed E-state index contributed by atoms with van der Waals surface area (Å²) in [5, 5.41) is 0. The Hall–Kier alpha value is -1.95. The number of hydrogen-bond donors (Lipinski definition) is 0. The van der Waals surface area contributed by atoms with Gasteiger partial charge >= 0.3 is 6.18 Å². The third-order valence-corrected chi connectivity index (χ3v) is 7.05. The molecule has 2 aromatic rings.